The highest BCUT2D eigenvalue weighted by atomic mass is 16.5. The van der Waals surface area contributed by atoms with Gasteiger partial charge >= 0.3 is 0 Å². The maximum Gasteiger partial charge on any atom is 0.266 e. The van der Waals surface area contributed by atoms with Crippen molar-refractivity contribution in [2.24, 2.45) is 0 Å². The molecular formula is C21H22N6O2. The van der Waals surface area contributed by atoms with Crippen molar-refractivity contribution >= 4 is 5.82 Å². The predicted octanol–water partition coefficient (Wildman–Crippen LogP) is 1.84. The van der Waals surface area contributed by atoms with Gasteiger partial charge in [0.05, 0.1) is 37.2 Å². The molecule has 3 aromatic heterocycles. The van der Waals surface area contributed by atoms with E-state index in [1.807, 2.05) is 12.1 Å². The van der Waals surface area contributed by atoms with E-state index in [1.165, 1.54) is 0 Å². The molecule has 0 saturated carbocycles. The standard InChI is InChI=1S/C21H22N6O2/c28-21-4-3-19(15-5-8-22-9-6-15)25-27(21)13-17-2-1-10-26(17)20-12-16-14-29-11-7-18(16)23-24-20/h3-6,8-9,12,17H,1-2,7,10-11,13-14H2. The van der Waals surface area contributed by atoms with Crippen LogP contribution in [0, 0.1) is 0 Å². The van der Waals surface area contributed by atoms with E-state index in [0.29, 0.717) is 19.8 Å². The zero-order chi connectivity index (χ0) is 19.6. The van der Waals surface area contributed by atoms with Gasteiger partial charge in [0.1, 0.15) is 0 Å². The molecule has 0 aliphatic carbocycles. The van der Waals surface area contributed by atoms with Crippen LogP contribution in [0.15, 0.2) is 47.5 Å². The van der Waals surface area contributed by atoms with E-state index in [9.17, 15) is 4.79 Å². The van der Waals surface area contributed by atoms with Crippen LogP contribution >= 0.6 is 0 Å². The largest absolute Gasteiger partial charge is 0.376 e. The van der Waals surface area contributed by atoms with Crippen LogP contribution in [0.3, 0.4) is 0 Å². The number of nitrogens with zero attached hydrogens (tertiary/aromatic N) is 6. The Morgan fingerprint density at radius 2 is 2.03 bits per heavy atom. The minimum Gasteiger partial charge on any atom is -0.376 e. The van der Waals surface area contributed by atoms with Crippen LogP contribution in [0.4, 0.5) is 5.82 Å². The summed E-state index contributed by atoms with van der Waals surface area (Å²) in [5.41, 5.74) is 3.75. The molecule has 8 heteroatoms. The van der Waals surface area contributed by atoms with Crippen LogP contribution in [0.2, 0.25) is 0 Å². The van der Waals surface area contributed by atoms with Gasteiger partial charge in [-0.05, 0) is 37.1 Å². The molecule has 5 rings (SSSR count). The molecule has 0 N–H and O–H groups in total. The maximum absolute atomic E-state index is 12.5. The number of hydrogen-bond donors (Lipinski definition) is 0. The number of rotatable bonds is 4. The number of hydrogen-bond acceptors (Lipinski definition) is 7. The van der Waals surface area contributed by atoms with Gasteiger partial charge in [0.15, 0.2) is 5.82 Å². The molecule has 0 aromatic carbocycles. The zero-order valence-corrected chi connectivity index (χ0v) is 16.1. The summed E-state index contributed by atoms with van der Waals surface area (Å²) in [6.07, 6.45) is 6.31. The fourth-order valence-corrected chi connectivity index (χ4v) is 4.05. The average Bonchev–Trinajstić information content (AvgIpc) is 3.24. The molecule has 29 heavy (non-hydrogen) atoms. The molecule has 1 atom stereocenters. The molecular weight excluding hydrogens is 368 g/mol. The second-order valence-electron chi connectivity index (χ2n) is 7.44. The molecule has 1 fully saturated rings. The van der Waals surface area contributed by atoms with Gasteiger partial charge in [-0.15, -0.1) is 5.10 Å². The third-order valence-electron chi connectivity index (χ3n) is 5.59. The smallest absolute Gasteiger partial charge is 0.266 e. The van der Waals surface area contributed by atoms with Crippen molar-refractivity contribution in [3.63, 3.8) is 0 Å². The summed E-state index contributed by atoms with van der Waals surface area (Å²) >= 11 is 0. The SMILES string of the molecule is O=c1ccc(-c2ccncc2)nn1CC1CCCN1c1cc2c(nn1)CCOC2. The Hall–Kier alpha value is -3.13. The number of ether oxygens (including phenoxy) is 1. The normalized spacial score (nSPS) is 18.6. The van der Waals surface area contributed by atoms with Crippen molar-refractivity contribution in [1.82, 2.24) is 25.0 Å². The number of aromatic nitrogens is 5. The Balaban J connectivity index is 1.41. The first-order valence-electron chi connectivity index (χ1n) is 9.96. The lowest BCUT2D eigenvalue weighted by molar-refractivity contribution is 0.109. The fourth-order valence-electron chi connectivity index (χ4n) is 4.05. The van der Waals surface area contributed by atoms with Crippen LogP contribution in [0.1, 0.15) is 24.1 Å². The van der Waals surface area contributed by atoms with Crippen LogP contribution < -0.4 is 10.5 Å². The minimum absolute atomic E-state index is 0.0976. The number of fused-ring (bicyclic) bond motifs is 1. The van der Waals surface area contributed by atoms with Gasteiger partial charge in [-0.2, -0.15) is 10.2 Å². The molecule has 0 amide bonds. The lowest BCUT2D eigenvalue weighted by Gasteiger charge is -2.27. The van der Waals surface area contributed by atoms with E-state index in [1.54, 1.807) is 29.2 Å². The molecule has 0 bridgehead atoms. The summed E-state index contributed by atoms with van der Waals surface area (Å²) in [5.74, 6) is 0.857. The second-order valence-corrected chi connectivity index (χ2v) is 7.44. The summed E-state index contributed by atoms with van der Waals surface area (Å²) in [6, 6.07) is 9.37. The van der Waals surface area contributed by atoms with E-state index in [4.69, 9.17) is 4.74 Å². The molecule has 2 aliphatic rings. The molecule has 0 spiro atoms. The highest BCUT2D eigenvalue weighted by Crippen LogP contribution is 2.27. The molecule has 1 saturated heterocycles. The van der Waals surface area contributed by atoms with Crippen molar-refractivity contribution in [2.45, 2.75) is 38.5 Å². The Labute approximate surface area is 168 Å². The van der Waals surface area contributed by atoms with E-state index in [0.717, 1.165) is 54.1 Å². The van der Waals surface area contributed by atoms with Crippen molar-refractivity contribution in [2.75, 3.05) is 18.1 Å². The molecule has 8 nitrogen and oxygen atoms in total. The van der Waals surface area contributed by atoms with Gasteiger partial charge < -0.3 is 9.64 Å². The summed E-state index contributed by atoms with van der Waals surface area (Å²) in [5, 5.41) is 13.5. The lowest BCUT2D eigenvalue weighted by Crippen LogP contribution is -2.37. The Kier molecular flexibility index (Phi) is 4.77. The zero-order valence-electron chi connectivity index (χ0n) is 16.1. The van der Waals surface area contributed by atoms with E-state index < -0.39 is 0 Å². The lowest BCUT2D eigenvalue weighted by atomic mass is 10.1. The quantitative estimate of drug-likeness (QED) is 0.672. The number of anilines is 1. The molecule has 2 aliphatic heterocycles. The van der Waals surface area contributed by atoms with Gasteiger partial charge in [-0.25, -0.2) is 4.68 Å². The summed E-state index contributed by atoms with van der Waals surface area (Å²) in [7, 11) is 0. The monoisotopic (exact) mass is 390 g/mol. The van der Waals surface area contributed by atoms with Crippen LogP contribution in [0.25, 0.3) is 11.3 Å². The molecule has 1 unspecified atom stereocenters. The van der Waals surface area contributed by atoms with Crippen LogP contribution in [-0.4, -0.2) is 44.2 Å². The highest BCUT2D eigenvalue weighted by molar-refractivity contribution is 5.57. The maximum atomic E-state index is 12.5. The Morgan fingerprint density at radius 3 is 2.93 bits per heavy atom. The molecule has 5 heterocycles. The summed E-state index contributed by atoms with van der Waals surface area (Å²) in [6.45, 7) is 2.71. The number of pyridine rings is 1. The van der Waals surface area contributed by atoms with Crippen molar-refractivity contribution in [1.29, 1.82) is 0 Å². The van der Waals surface area contributed by atoms with Crippen LogP contribution in [-0.2, 0) is 24.3 Å². The van der Waals surface area contributed by atoms with E-state index in [2.05, 4.69) is 31.2 Å². The third-order valence-corrected chi connectivity index (χ3v) is 5.59. The minimum atomic E-state index is -0.0976. The van der Waals surface area contributed by atoms with Crippen LogP contribution in [0.5, 0.6) is 0 Å². The first-order valence-corrected chi connectivity index (χ1v) is 9.96. The van der Waals surface area contributed by atoms with Gasteiger partial charge in [0.25, 0.3) is 5.56 Å². The average molecular weight is 390 g/mol. The highest BCUT2D eigenvalue weighted by Gasteiger charge is 2.28. The van der Waals surface area contributed by atoms with Gasteiger partial charge in [-0.1, -0.05) is 0 Å². The second kappa shape index (κ2) is 7.71. The van der Waals surface area contributed by atoms with E-state index >= 15 is 0 Å². The molecule has 0 radical (unpaired) electrons. The topological polar surface area (TPSA) is 86.0 Å². The Bertz CT molecular complexity index is 1070. The molecule has 3 aromatic rings. The van der Waals surface area contributed by atoms with Gasteiger partial charge in [0.2, 0.25) is 0 Å². The van der Waals surface area contributed by atoms with E-state index in [-0.39, 0.29) is 11.6 Å². The van der Waals surface area contributed by atoms with Crippen molar-refractivity contribution in [3.8, 4) is 11.3 Å². The fraction of sp³-hybridized carbons (Fsp3) is 0.381. The first kappa shape index (κ1) is 17.9. The predicted molar refractivity (Wildman–Crippen MR) is 107 cm³/mol. The van der Waals surface area contributed by atoms with Gasteiger partial charge in [0, 0.05) is 42.6 Å². The first-order chi connectivity index (χ1) is 14.3. The summed E-state index contributed by atoms with van der Waals surface area (Å²) < 4.78 is 7.12. The van der Waals surface area contributed by atoms with Crippen molar-refractivity contribution < 1.29 is 4.74 Å². The van der Waals surface area contributed by atoms with Crippen molar-refractivity contribution in [3.05, 3.63) is 64.3 Å². The summed E-state index contributed by atoms with van der Waals surface area (Å²) in [4.78, 5) is 18.7. The third kappa shape index (κ3) is 3.63. The Morgan fingerprint density at radius 1 is 1.14 bits per heavy atom. The van der Waals surface area contributed by atoms with Gasteiger partial charge in [-0.3, -0.25) is 9.78 Å². The molecule has 148 valence electrons.